The number of hydrogen-bond acceptors (Lipinski definition) is 10. The molecule has 0 radical (unpaired) electrons. The number of unbranched alkanes of at least 4 members (excludes halogenated alkanes) is 47. The zero-order chi connectivity index (χ0) is 64.6. The highest BCUT2D eigenvalue weighted by molar-refractivity contribution is 5.80. The minimum Gasteiger partial charge on any atom is -0.454 e. The van der Waals surface area contributed by atoms with E-state index < -0.39 is 67.4 Å². The van der Waals surface area contributed by atoms with Crippen LogP contribution in [0.15, 0.2) is 48.6 Å². The van der Waals surface area contributed by atoms with Gasteiger partial charge in [-0.1, -0.05) is 352 Å². The lowest BCUT2D eigenvalue weighted by Crippen LogP contribution is -2.61. The molecular formula is C78H145NO10. The molecule has 522 valence electrons. The summed E-state index contributed by atoms with van der Waals surface area (Å²) in [6, 6.07) is -1.02. The van der Waals surface area contributed by atoms with Crippen molar-refractivity contribution >= 4 is 11.9 Å². The van der Waals surface area contributed by atoms with Gasteiger partial charge < -0.3 is 45.1 Å². The van der Waals surface area contributed by atoms with Crippen molar-refractivity contribution in [3.63, 3.8) is 0 Å². The average Bonchev–Trinajstić information content (AvgIpc) is 3.11. The molecule has 0 saturated carbocycles. The zero-order valence-corrected chi connectivity index (χ0v) is 58.3. The van der Waals surface area contributed by atoms with E-state index in [0.717, 1.165) is 77.0 Å². The van der Waals surface area contributed by atoms with Gasteiger partial charge in [0.25, 0.3) is 0 Å². The fourth-order valence-electron chi connectivity index (χ4n) is 12.2. The van der Waals surface area contributed by atoms with E-state index in [1.165, 1.54) is 250 Å². The fourth-order valence-corrected chi connectivity index (χ4v) is 12.2. The van der Waals surface area contributed by atoms with Crippen molar-refractivity contribution in [1.82, 2.24) is 5.32 Å². The number of nitrogens with one attached hydrogen (secondary N) is 1. The first-order valence-electron chi connectivity index (χ1n) is 38.4. The lowest BCUT2D eigenvalue weighted by molar-refractivity contribution is -0.305. The summed E-state index contributed by atoms with van der Waals surface area (Å²) < 4.78 is 17.7. The molecule has 89 heavy (non-hydrogen) atoms. The van der Waals surface area contributed by atoms with Crippen molar-refractivity contribution in [2.45, 2.75) is 423 Å². The molecule has 0 aromatic rings. The Labute approximate surface area is 548 Å². The molecule has 1 heterocycles. The second-order valence-electron chi connectivity index (χ2n) is 26.7. The summed E-state index contributed by atoms with van der Waals surface area (Å²) in [6.07, 6.45) is 73.0. The van der Waals surface area contributed by atoms with Crippen LogP contribution < -0.4 is 5.32 Å². The molecule has 0 aromatic heterocycles. The van der Waals surface area contributed by atoms with E-state index in [1.54, 1.807) is 6.08 Å². The van der Waals surface area contributed by atoms with Crippen LogP contribution in [0.4, 0.5) is 0 Å². The van der Waals surface area contributed by atoms with Gasteiger partial charge in [0.1, 0.15) is 24.4 Å². The summed E-state index contributed by atoms with van der Waals surface area (Å²) in [5.41, 5.74) is 0. The number of carbonyl (C=O) groups excluding carboxylic acids is 2. The minimum absolute atomic E-state index is 0.129. The lowest BCUT2D eigenvalue weighted by Gasteiger charge is -2.41. The number of carbonyl (C=O) groups is 2. The quantitative estimate of drug-likeness (QED) is 0.0195. The molecule has 6 N–H and O–H groups in total. The first-order chi connectivity index (χ1) is 43.7. The Morgan fingerprint density at radius 1 is 0.438 bits per heavy atom. The van der Waals surface area contributed by atoms with Gasteiger partial charge in [-0.2, -0.15) is 0 Å². The highest BCUT2D eigenvalue weighted by atomic mass is 16.7. The second kappa shape index (κ2) is 65.7. The Kier molecular flexibility index (Phi) is 62.4. The fraction of sp³-hybridized carbons (Fsp3) is 0.872. The average molecular weight is 1260 g/mol. The number of aliphatic hydroxyl groups is 5. The van der Waals surface area contributed by atoms with Gasteiger partial charge in [0, 0.05) is 6.42 Å². The van der Waals surface area contributed by atoms with Crippen molar-refractivity contribution in [2.75, 3.05) is 13.2 Å². The number of esters is 1. The number of ether oxygens (including phenoxy) is 3. The molecule has 1 aliphatic heterocycles. The second-order valence-corrected chi connectivity index (χ2v) is 26.7. The van der Waals surface area contributed by atoms with Crippen LogP contribution in [0.5, 0.6) is 0 Å². The Morgan fingerprint density at radius 2 is 0.775 bits per heavy atom. The normalized spacial score (nSPS) is 18.3. The number of aliphatic hydroxyl groups excluding tert-OH is 5. The third-order valence-corrected chi connectivity index (χ3v) is 18.2. The predicted molar refractivity (Wildman–Crippen MR) is 375 cm³/mol. The predicted octanol–water partition coefficient (Wildman–Crippen LogP) is 20.3. The van der Waals surface area contributed by atoms with Crippen LogP contribution in [0.2, 0.25) is 0 Å². The van der Waals surface area contributed by atoms with Gasteiger partial charge in [0.05, 0.1) is 25.4 Å². The number of allylic oxidation sites excluding steroid dienone is 7. The largest absolute Gasteiger partial charge is 0.454 e. The Balaban J connectivity index is 2.54. The Bertz CT molecular complexity index is 1640. The van der Waals surface area contributed by atoms with E-state index in [-0.39, 0.29) is 13.0 Å². The highest BCUT2D eigenvalue weighted by Crippen LogP contribution is 2.27. The van der Waals surface area contributed by atoms with E-state index in [0.29, 0.717) is 19.3 Å². The summed E-state index contributed by atoms with van der Waals surface area (Å²) in [5, 5.41) is 57.4. The molecule has 0 aromatic carbocycles. The molecule has 1 aliphatic rings. The van der Waals surface area contributed by atoms with Crippen LogP contribution in [0.3, 0.4) is 0 Å². The molecule has 0 spiro atoms. The molecule has 8 unspecified atom stereocenters. The monoisotopic (exact) mass is 1260 g/mol. The summed E-state index contributed by atoms with van der Waals surface area (Å²) in [6.45, 7) is 5.83. The van der Waals surface area contributed by atoms with Crippen molar-refractivity contribution in [3.8, 4) is 0 Å². The third kappa shape index (κ3) is 52.7. The van der Waals surface area contributed by atoms with Gasteiger partial charge in [-0.05, 0) is 64.2 Å². The summed E-state index contributed by atoms with van der Waals surface area (Å²) in [4.78, 5) is 26.8. The Hall–Kier alpha value is -2.38. The van der Waals surface area contributed by atoms with Gasteiger partial charge >= 0.3 is 5.97 Å². The van der Waals surface area contributed by atoms with Crippen LogP contribution in [0, 0.1) is 0 Å². The van der Waals surface area contributed by atoms with E-state index >= 15 is 0 Å². The Morgan fingerprint density at radius 3 is 1.18 bits per heavy atom. The van der Waals surface area contributed by atoms with Crippen LogP contribution in [-0.4, -0.2) is 99.6 Å². The maximum atomic E-state index is 13.5. The molecule has 11 nitrogen and oxygen atoms in total. The molecule has 1 amide bonds. The zero-order valence-electron chi connectivity index (χ0n) is 58.3. The number of rotatable bonds is 67. The van der Waals surface area contributed by atoms with Gasteiger partial charge in [0.2, 0.25) is 5.91 Å². The summed E-state index contributed by atoms with van der Waals surface area (Å²) in [5.74, 6) is -1.18. The van der Waals surface area contributed by atoms with Gasteiger partial charge in [-0.15, -0.1) is 0 Å². The van der Waals surface area contributed by atoms with Crippen LogP contribution in [-0.2, 0) is 23.8 Å². The first-order valence-corrected chi connectivity index (χ1v) is 38.4. The maximum Gasteiger partial charge on any atom is 0.306 e. The van der Waals surface area contributed by atoms with Crippen molar-refractivity contribution in [3.05, 3.63) is 48.6 Å². The smallest absolute Gasteiger partial charge is 0.306 e. The molecular weight excluding hydrogens is 1110 g/mol. The highest BCUT2D eigenvalue weighted by Gasteiger charge is 2.47. The summed E-state index contributed by atoms with van der Waals surface area (Å²) >= 11 is 0. The molecule has 1 rings (SSSR count). The van der Waals surface area contributed by atoms with Crippen LogP contribution in [0.1, 0.15) is 374 Å². The van der Waals surface area contributed by atoms with E-state index in [4.69, 9.17) is 14.2 Å². The number of amides is 1. The molecule has 1 saturated heterocycles. The van der Waals surface area contributed by atoms with Crippen LogP contribution >= 0.6 is 0 Å². The lowest BCUT2D eigenvalue weighted by atomic mass is 9.99. The van der Waals surface area contributed by atoms with Gasteiger partial charge in [-0.25, -0.2) is 0 Å². The van der Waals surface area contributed by atoms with Crippen molar-refractivity contribution in [1.29, 1.82) is 0 Å². The van der Waals surface area contributed by atoms with Crippen molar-refractivity contribution < 1.29 is 49.3 Å². The third-order valence-electron chi connectivity index (χ3n) is 18.2. The van der Waals surface area contributed by atoms with Gasteiger partial charge in [0.15, 0.2) is 12.4 Å². The minimum atomic E-state index is -1.61. The van der Waals surface area contributed by atoms with E-state index in [1.807, 2.05) is 6.08 Å². The summed E-state index contributed by atoms with van der Waals surface area (Å²) in [7, 11) is 0. The molecule has 0 bridgehead atoms. The molecule has 11 heteroatoms. The maximum absolute atomic E-state index is 13.5. The number of hydrogen-bond donors (Lipinski definition) is 6. The molecule has 1 fully saturated rings. The van der Waals surface area contributed by atoms with E-state index in [2.05, 4.69) is 62.5 Å². The first kappa shape index (κ1) is 84.6. The molecule has 8 atom stereocenters. The van der Waals surface area contributed by atoms with E-state index in [9.17, 15) is 35.1 Å². The van der Waals surface area contributed by atoms with Gasteiger partial charge in [-0.3, -0.25) is 9.59 Å². The van der Waals surface area contributed by atoms with Crippen molar-refractivity contribution in [2.24, 2.45) is 0 Å². The topological polar surface area (TPSA) is 175 Å². The molecule has 0 aliphatic carbocycles. The SMILES string of the molecule is CCCCC/C=C\C/C=C\C/C=C\CCCCCCCCCCCCCC(O)C(=O)NC(COC1OC(CO)C(O)C(O)C1OC(=O)CCCCCCCCCCCCCCCCCCCCCCCCC)C(O)/C=C/CCCCCCCCCCCCC. The van der Waals surface area contributed by atoms with Crippen LogP contribution in [0.25, 0.3) is 0 Å². The standard InChI is InChI=1S/C78H145NO10/c1-4-7-10-13-16-19-22-25-27-29-31-33-35-37-38-40-42-44-47-50-53-56-59-62-65-71(82)77(86)79-69(70(81)64-61-58-55-52-49-46-24-21-18-15-12-9-6-3)68-87-78-76(75(85)74(84)72(67-80)88-78)89-73(83)66-63-60-57-54-51-48-45-43-41-39-36-34-32-30-28-26-23-20-17-14-11-8-5-2/h16,19,25,27,31,33,61,64,69-72,74-76,78,80-82,84-85H,4-15,17-18,20-24,26,28-30,32,34-60,62-63,65-68H2,1-3H3,(H,79,86)/b19-16-,27-25-,33-31-,64-61+.